The highest BCUT2D eigenvalue weighted by molar-refractivity contribution is 9.10. The van der Waals surface area contributed by atoms with Gasteiger partial charge < -0.3 is 11.1 Å². The molecule has 0 radical (unpaired) electrons. The molecule has 0 unspecified atom stereocenters. The molecular formula is C13H10BrF2N3O. The van der Waals surface area contributed by atoms with E-state index >= 15 is 0 Å². The van der Waals surface area contributed by atoms with Gasteiger partial charge in [-0.3, -0.25) is 4.79 Å². The number of pyridine rings is 1. The van der Waals surface area contributed by atoms with Gasteiger partial charge in [-0.15, -0.1) is 0 Å². The average molecular weight is 342 g/mol. The van der Waals surface area contributed by atoms with Gasteiger partial charge in [-0.1, -0.05) is 6.07 Å². The van der Waals surface area contributed by atoms with Gasteiger partial charge in [0.25, 0.3) is 5.91 Å². The van der Waals surface area contributed by atoms with Crippen LogP contribution in [0.1, 0.15) is 15.9 Å². The lowest BCUT2D eigenvalue weighted by molar-refractivity contribution is 0.102. The van der Waals surface area contributed by atoms with E-state index in [-0.39, 0.29) is 16.9 Å². The van der Waals surface area contributed by atoms with Crippen LogP contribution in [0.3, 0.4) is 0 Å². The van der Waals surface area contributed by atoms with Crippen LogP contribution in [0.5, 0.6) is 0 Å². The fraction of sp³-hybridized carbons (Fsp3) is 0.0769. The molecule has 2 aromatic rings. The van der Waals surface area contributed by atoms with Gasteiger partial charge in [0.2, 0.25) is 0 Å². The molecule has 104 valence electrons. The fourth-order valence-corrected chi connectivity index (χ4v) is 1.92. The molecule has 20 heavy (non-hydrogen) atoms. The third-order valence-corrected chi connectivity index (χ3v) is 3.09. The van der Waals surface area contributed by atoms with Crippen molar-refractivity contribution in [3.8, 4) is 0 Å². The summed E-state index contributed by atoms with van der Waals surface area (Å²) in [4.78, 5) is 15.8. The van der Waals surface area contributed by atoms with E-state index in [0.29, 0.717) is 4.47 Å². The Morgan fingerprint density at radius 3 is 2.80 bits per heavy atom. The number of aryl methyl sites for hydroxylation is 1. The number of rotatable bonds is 2. The van der Waals surface area contributed by atoms with Gasteiger partial charge in [-0.2, -0.15) is 0 Å². The van der Waals surface area contributed by atoms with E-state index in [1.807, 2.05) is 0 Å². The molecule has 0 bridgehead atoms. The lowest BCUT2D eigenvalue weighted by Crippen LogP contribution is -2.17. The van der Waals surface area contributed by atoms with Gasteiger partial charge >= 0.3 is 0 Å². The molecule has 1 heterocycles. The van der Waals surface area contributed by atoms with Crippen LogP contribution in [0.2, 0.25) is 0 Å². The third-order valence-electron chi connectivity index (χ3n) is 2.65. The molecule has 0 aliphatic rings. The molecule has 0 spiro atoms. The van der Waals surface area contributed by atoms with Crippen molar-refractivity contribution >= 4 is 33.3 Å². The van der Waals surface area contributed by atoms with E-state index in [1.54, 1.807) is 0 Å². The minimum absolute atomic E-state index is 0.0275. The summed E-state index contributed by atoms with van der Waals surface area (Å²) in [6.07, 6.45) is 1.42. The zero-order valence-corrected chi connectivity index (χ0v) is 12.0. The van der Waals surface area contributed by atoms with Crippen molar-refractivity contribution in [2.24, 2.45) is 0 Å². The van der Waals surface area contributed by atoms with Gasteiger partial charge in [-0.25, -0.2) is 13.8 Å². The number of benzene rings is 1. The second kappa shape index (κ2) is 5.54. The zero-order chi connectivity index (χ0) is 14.9. The van der Waals surface area contributed by atoms with Gasteiger partial charge in [0, 0.05) is 10.7 Å². The molecule has 1 aromatic carbocycles. The summed E-state index contributed by atoms with van der Waals surface area (Å²) in [6.45, 7) is 1.47. The first kappa shape index (κ1) is 14.4. The first-order valence-corrected chi connectivity index (χ1v) is 6.36. The van der Waals surface area contributed by atoms with E-state index in [2.05, 4.69) is 26.2 Å². The van der Waals surface area contributed by atoms with E-state index in [4.69, 9.17) is 5.73 Å². The smallest absolute Gasteiger partial charge is 0.259 e. The average Bonchev–Trinajstić information content (AvgIpc) is 2.41. The molecule has 0 saturated carbocycles. The van der Waals surface area contributed by atoms with Crippen molar-refractivity contribution in [1.29, 1.82) is 0 Å². The van der Waals surface area contributed by atoms with Crippen LogP contribution >= 0.6 is 15.9 Å². The van der Waals surface area contributed by atoms with Crippen molar-refractivity contribution in [2.45, 2.75) is 6.92 Å². The van der Waals surface area contributed by atoms with Crippen LogP contribution in [-0.4, -0.2) is 10.9 Å². The van der Waals surface area contributed by atoms with Crippen LogP contribution in [0.25, 0.3) is 0 Å². The highest BCUT2D eigenvalue weighted by Gasteiger charge is 2.17. The second-order valence-corrected chi connectivity index (χ2v) is 5.01. The van der Waals surface area contributed by atoms with Crippen LogP contribution in [0.15, 0.2) is 28.9 Å². The molecule has 3 N–H and O–H groups in total. The molecule has 0 fully saturated rings. The number of anilines is 2. The van der Waals surface area contributed by atoms with E-state index in [1.165, 1.54) is 25.3 Å². The van der Waals surface area contributed by atoms with Gasteiger partial charge in [0.15, 0.2) is 5.82 Å². The Hall–Kier alpha value is -2.02. The van der Waals surface area contributed by atoms with Crippen molar-refractivity contribution in [3.63, 3.8) is 0 Å². The first-order chi connectivity index (χ1) is 9.40. The molecule has 0 saturated heterocycles. The van der Waals surface area contributed by atoms with Crippen LogP contribution in [-0.2, 0) is 0 Å². The maximum Gasteiger partial charge on any atom is 0.259 e. The molecule has 7 heteroatoms. The van der Waals surface area contributed by atoms with E-state index < -0.39 is 23.2 Å². The molecule has 0 aliphatic heterocycles. The summed E-state index contributed by atoms with van der Waals surface area (Å²) in [6, 6.07) is 3.79. The summed E-state index contributed by atoms with van der Waals surface area (Å²) >= 11 is 3.14. The van der Waals surface area contributed by atoms with Crippen LogP contribution < -0.4 is 11.1 Å². The standard InChI is InChI=1S/C13H10BrF2N3O/c1-6-2-3-9(15)11(10(6)16)19-13(20)8-4-7(14)5-18-12(8)17/h2-5H,1H3,(H2,17,18)(H,19,20). The molecular weight excluding hydrogens is 332 g/mol. The van der Waals surface area contributed by atoms with Gasteiger partial charge in [0.1, 0.15) is 17.3 Å². The number of nitrogen functional groups attached to an aromatic ring is 1. The number of nitrogens with one attached hydrogen (secondary N) is 1. The highest BCUT2D eigenvalue weighted by atomic mass is 79.9. The lowest BCUT2D eigenvalue weighted by atomic mass is 10.2. The quantitative estimate of drug-likeness (QED) is 0.880. The van der Waals surface area contributed by atoms with Gasteiger partial charge in [0.05, 0.1) is 5.56 Å². The molecule has 1 aromatic heterocycles. The molecule has 2 rings (SSSR count). The number of nitrogens with zero attached hydrogens (tertiary/aromatic N) is 1. The summed E-state index contributed by atoms with van der Waals surface area (Å²) in [5.74, 6) is -2.44. The number of carbonyl (C=O) groups is 1. The summed E-state index contributed by atoms with van der Waals surface area (Å²) in [7, 11) is 0. The monoisotopic (exact) mass is 341 g/mol. The van der Waals surface area contributed by atoms with Crippen molar-refractivity contribution in [2.75, 3.05) is 11.1 Å². The van der Waals surface area contributed by atoms with Crippen molar-refractivity contribution in [1.82, 2.24) is 4.98 Å². The predicted molar refractivity (Wildman–Crippen MR) is 75.4 cm³/mol. The largest absolute Gasteiger partial charge is 0.383 e. The molecule has 1 amide bonds. The summed E-state index contributed by atoms with van der Waals surface area (Å²) < 4.78 is 27.9. The zero-order valence-electron chi connectivity index (χ0n) is 10.4. The summed E-state index contributed by atoms with van der Waals surface area (Å²) in [5, 5.41) is 2.17. The van der Waals surface area contributed by atoms with E-state index in [9.17, 15) is 13.6 Å². The van der Waals surface area contributed by atoms with Gasteiger partial charge in [-0.05, 0) is 40.5 Å². The van der Waals surface area contributed by atoms with E-state index in [0.717, 1.165) is 6.07 Å². The first-order valence-electron chi connectivity index (χ1n) is 5.57. The fourth-order valence-electron chi connectivity index (χ4n) is 1.58. The minimum Gasteiger partial charge on any atom is -0.383 e. The number of amides is 1. The number of carbonyl (C=O) groups excluding carboxylic acids is 1. The van der Waals surface area contributed by atoms with Crippen molar-refractivity contribution in [3.05, 3.63) is 51.6 Å². The topological polar surface area (TPSA) is 68.0 Å². The lowest BCUT2D eigenvalue weighted by Gasteiger charge is -2.10. The Morgan fingerprint density at radius 2 is 2.10 bits per heavy atom. The van der Waals surface area contributed by atoms with Crippen LogP contribution in [0.4, 0.5) is 20.3 Å². The third kappa shape index (κ3) is 2.77. The SMILES string of the molecule is Cc1ccc(F)c(NC(=O)c2cc(Br)cnc2N)c1F. The molecule has 0 aliphatic carbocycles. The Kier molecular flexibility index (Phi) is 3.99. The van der Waals surface area contributed by atoms with Crippen molar-refractivity contribution < 1.29 is 13.6 Å². The Labute approximate surface area is 122 Å². The maximum atomic E-state index is 13.8. The number of hydrogen-bond donors (Lipinski definition) is 2. The second-order valence-electron chi connectivity index (χ2n) is 4.09. The highest BCUT2D eigenvalue weighted by Crippen LogP contribution is 2.23. The minimum atomic E-state index is -0.858. The predicted octanol–water partition coefficient (Wildman–Crippen LogP) is 3.27. The molecule has 0 atom stereocenters. The normalized spacial score (nSPS) is 10.4. The number of halogens is 3. The summed E-state index contributed by atoms with van der Waals surface area (Å²) in [5.41, 5.74) is 5.32. The Morgan fingerprint density at radius 1 is 1.40 bits per heavy atom. The maximum absolute atomic E-state index is 13.8. The Bertz CT molecular complexity index is 692. The Balaban J connectivity index is 2.38. The molecule has 4 nitrogen and oxygen atoms in total. The van der Waals surface area contributed by atoms with Crippen LogP contribution in [0, 0.1) is 18.6 Å². The number of aromatic nitrogens is 1. The number of hydrogen-bond acceptors (Lipinski definition) is 3. The number of nitrogens with two attached hydrogens (primary N) is 1.